The summed E-state index contributed by atoms with van der Waals surface area (Å²) in [5, 5.41) is 19.3. The summed E-state index contributed by atoms with van der Waals surface area (Å²) in [6.45, 7) is 0.566. The quantitative estimate of drug-likeness (QED) is 0.405. The maximum Gasteiger partial charge on any atom is 0.150 e. The number of methoxy groups -OCH3 is 1. The molecule has 0 amide bonds. The molecule has 2 aliphatic heterocycles. The fourth-order valence-electron chi connectivity index (χ4n) is 5.51. The molecule has 1 aliphatic carbocycles. The fourth-order valence-corrected chi connectivity index (χ4v) is 5.51. The summed E-state index contributed by atoms with van der Waals surface area (Å²) in [4.78, 5) is 9.45. The number of aromatic nitrogens is 3. The van der Waals surface area contributed by atoms with Gasteiger partial charge in [0, 0.05) is 24.0 Å². The van der Waals surface area contributed by atoms with Gasteiger partial charge in [-0.15, -0.1) is 0 Å². The highest BCUT2D eigenvalue weighted by Crippen LogP contribution is 2.50. The van der Waals surface area contributed by atoms with Crippen molar-refractivity contribution in [1.29, 1.82) is 5.26 Å². The lowest BCUT2D eigenvalue weighted by atomic mass is 9.66. The minimum Gasteiger partial charge on any atom is -0.497 e. The largest absolute Gasteiger partial charge is 0.497 e. The van der Waals surface area contributed by atoms with Crippen molar-refractivity contribution in [1.82, 2.24) is 14.4 Å². The van der Waals surface area contributed by atoms with Crippen molar-refractivity contribution in [2.45, 2.75) is 36.7 Å². The van der Waals surface area contributed by atoms with Crippen molar-refractivity contribution in [3.8, 4) is 34.6 Å². The van der Waals surface area contributed by atoms with E-state index in [-0.39, 0.29) is 12.0 Å². The van der Waals surface area contributed by atoms with Crippen molar-refractivity contribution in [3.63, 3.8) is 0 Å². The molecule has 3 N–H and O–H groups in total. The van der Waals surface area contributed by atoms with Crippen LogP contribution in [0.25, 0.3) is 16.8 Å². The first-order valence-electron chi connectivity index (χ1n) is 12.2. The number of nitriles is 1. The van der Waals surface area contributed by atoms with E-state index in [0.29, 0.717) is 35.2 Å². The molecule has 7 rings (SSSR count). The van der Waals surface area contributed by atoms with E-state index in [1.54, 1.807) is 31.5 Å². The van der Waals surface area contributed by atoms with E-state index < -0.39 is 5.60 Å². The molecule has 3 aliphatic rings. The Morgan fingerprint density at radius 1 is 1.14 bits per heavy atom. The van der Waals surface area contributed by atoms with Gasteiger partial charge in [-0.05, 0) is 62.1 Å². The van der Waals surface area contributed by atoms with E-state index in [4.69, 9.17) is 24.9 Å². The van der Waals surface area contributed by atoms with Gasteiger partial charge in [0.05, 0.1) is 36.9 Å². The molecule has 2 bridgehead atoms. The number of benzene rings is 2. The van der Waals surface area contributed by atoms with Crippen LogP contribution in [-0.2, 0) is 10.2 Å². The van der Waals surface area contributed by atoms with E-state index in [9.17, 15) is 10.4 Å². The number of nitrogen functional groups attached to an aromatic ring is 1. The second-order valence-corrected chi connectivity index (χ2v) is 9.83. The molecule has 0 radical (unpaired) electrons. The molecule has 2 aromatic carbocycles. The van der Waals surface area contributed by atoms with Gasteiger partial charge in [-0.25, -0.2) is 9.97 Å². The molecule has 37 heavy (non-hydrogen) atoms. The Bertz CT molecular complexity index is 1500. The molecule has 4 heterocycles. The Hall–Kier alpha value is -4.13. The van der Waals surface area contributed by atoms with Crippen LogP contribution in [0.15, 0.2) is 54.9 Å². The number of imidazole rings is 1. The Morgan fingerprint density at radius 3 is 2.54 bits per heavy atom. The van der Waals surface area contributed by atoms with Gasteiger partial charge in [0.15, 0.2) is 0 Å². The van der Waals surface area contributed by atoms with E-state index in [0.717, 1.165) is 48.3 Å². The highest BCUT2D eigenvalue weighted by molar-refractivity contribution is 5.85. The lowest BCUT2D eigenvalue weighted by Crippen LogP contribution is -2.55. The zero-order valence-electron chi connectivity index (χ0n) is 20.5. The van der Waals surface area contributed by atoms with Crippen LogP contribution in [-0.4, -0.2) is 45.4 Å². The number of anilines is 1. The van der Waals surface area contributed by atoms with Crippen LogP contribution in [0.5, 0.6) is 17.2 Å². The third-order valence-electron chi connectivity index (χ3n) is 7.78. The molecule has 2 saturated heterocycles. The van der Waals surface area contributed by atoms with Crippen LogP contribution in [0.1, 0.15) is 37.1 Å². The highest BCUT2D eigenvalue weighted by Gasteiger charge is 2.52. The molecule has 9 heteroatoms. The molecule has 0 atom stereocenters. The summed E-state index contributed by atoms with van der Waals surface area (Å²) >= 11 is 0. The average Bonchev–Trinajstić information content (AvgIpc) is 3.36. The van der Waals surface area contributed by atoms with Crippen molar-refractivity contribution in [2.24, 2.45) is 0 Å². The van der Waals surface area contributed by atoms with Gasteiger partial charge in [0.2, 0.25) is 0 Å². The number of hydrogen-bond donors (Lipinski definition) is 2. The van der Waals surface area contributed by atoms with Crippen LogP contribution in [0, 0.1) is 11.3 Å². The average molecular weight is 498 g/mol. The van der Waals surface area contributed by atoms with Gasteiger partial charge in [-0.1, -0.05) is 0 Å². The number of ether oxygens (including phenoxy) is 3. The summed E-state index contributed by atoms with van der Waals surface area (Å²) in [6, 6.07) is 14.8. The summed E-state index contributed by atoms with van der Waals surface area (Å²) in [7, 11) is 1.57. The minimum atomic E-state index is -0.414. The van der Waals surface area contributed by atoms with Gasteiger partial charge >= 0.3 is 0 Å². The summed E-state index contributed by atoms with van der Waals surface area (Å²) in [5.41, 5.74) is 8.49. The van der Waals surface area contributed by atoms with Gasteiger partial charge < -0.3 is 25.1 Å². The number of rotatable bonds is 6. The van der Waals surface area contributed by atoms with E-state index in [1.165, 1.54) is 0 Å². The zero-order chi connectivity index (χ0) is 25.6. The third kappa shape index (κ3) is 3.77. The second kappa shape index (κ2) is 8.76. The summed E-state index contributed by atoms with van der Waals surface area (Å²) in [6.07, 6.45) is 6.98. The normalized spacial score (nSPS) is 22.6. The Balaban J connectivity index is 1.36. The molecular weight excluding hydrogens is 470 g/mol. The van der Waals surface area contributed by atoms with Crippen LogP contribution < -0.4 is 15.2 Å². The van der Waals surface area contributed by atoms with Crippen molar-refractivity contribution in [3.05, 3.63) is 66.2 Å². The van der Waals surface area contributed by atoms with Crippen molar-refractivity contribution >= 4 is 11.3 Å². The monoisotopic (exact) mass is 497 g/mol. The van der Waals surface area contributed by atoms with Gasteiger partial charge in [0.1, 0.15) is 46.2 Å². The number of nitrogens with zero attached hydrogens (tertiary/aromatic N) is 4. The van der Waals surface area contributed by atoms with E-state index in [2.05, 4.69) is 11.1 Å². The molecule has 2 aromatic heterocycles. The standard InChI is InChI=1S/C28H27N5O4/c1-35-21-7-4-19(15-29)22(14-21)37-20-5-2-18(3-6-20)23-24-25(30)31-12-13-33(24)26(32-23)27-8-10-28(16-34,11-9-27)36-17-27/h2-7,12-14,34H,8-11,16-17H2,1H3,(H2,30,31). The van der Waals surface area contributed by atoms with E-state index >= 15 is 0 Å². The molecule has 0 spiro atoms. The second-order valence-electron chi connectivity index (χ2n) is 9.83. The Labute approximate surface area is 214 Å². The lowest BCUT2D eigenvalue weighted by molar-refractivity contribution is -0.177. The molecular formula is C28H27N5O4. The van der Waals surface area contributed by atoms with Crippen molar-refractivity contribution in [2.75, 3.05) is 26.1 Å². The first-order valence-corrected chi connectivity index (χ1v) is 12.2. The molecule has 3 fully saturated rings. The topological polar surface area (TPSA) is 128 Å². The van der Waals surface area contributed by atoms with Gasteiger partial charge in [0.25, 0.3) is 0 Å². The number of nitrogens with two attached hydrogens (primary N) is 1. The summed E-state index contributed by atoms with van der Waals surface area (Å²) < 4.78 is 19.5. The molecule has 1 saturated carbocycles. The van der Waals surface area contributed by atoms with Crippen LogP contribution in [0.3, 0.4) is 0 Å². The number of fused-ring (bicyclic) bond motifs is 4. The predicted molar refractivity (Wildman–Crippen MR) is 137 cm³/mol. The summed E-state index contributed by atoms with van der Waals surface area (Å²) in [5.74, 6) is 2.92. The van der Waals surface area contributed by atoms with Crippen LogP contribution >= 0.6 is 0 Å². The SMILES string of the molecule is COc1ccc(C#N)c(Oc2ccc(-c3nc(C45CCC(CO)(CC4)OC5)n4ccnc(N)c34)cc2)c1. The maximum atomic E-state index is 9.85. The van der Waals surface area contributed by atoms with Crippen molar-refractivity contribution < 1.29 is 19.3 Å². The Kier molecular flexibility index (Phi) is 5.51. The number of aliphatic hydroxyl groups excluding tert-OH is 1. The number of hydrogen-bond acceptors (Lipinski definition) is 8. The van der Waals surface area contributed by atoms with Crippen LogP contribution in [0.2, 0.25) is 0 Å². The number of aliphatic hydroxyl groups is 1. The van der Waals surface area contributed by atoms with Gasteiger partial charge in [-0.3, -0.25) is 4.40 Å². The fraction of sp³-hybridized carbons (Fsp3) is 0.321. The predicted octanol–water partition coefficient (Wildman–Crippen LogP) is 4.22. The maximum absolute atomic E-state index is 9.85. The smallest absolute Gasteiger partial charge is 0.150 e. The molecule has 4 aromatic rings. The molecule has 0 unspecified atom stereocenters. The van der Waals surface area contributed by atoms with Crippen LogP contribution in [0.4, 0.5) is 5.82 Å². The first-order chi connectivity index (χ1) is 18.0. The van der Waals surface area contributed by atoms with E-state index in [1.807, 2.05) is 34.9 Å². The zero-order valence-corrected chi connectivity index (χ0v) is 20.5. The lowest BCUT2D eigenvalue weighted by Gasteiger charge is -2.51. The minimum absolute atomic E-state index is 0.0492. The Morgan fingerprint density at radius 2 is 1.89 bits per heavy atom. The third-order valence-corrected chi connectivity index (χ3v) is 7.78. The van der Waals surface area contributed by atoms with Gasteiger partial charge in [-0.2, -0.15) is 5.26 Å². The molecule has 9 nitrogen and oxygen atoms in total. The molecule has 188 valence electrons. The first kappa shape index (κ1) is 23.3. The highest BCUT2D eigenvalue weighted by atomic mass is 16.5.